The van der Waals surface area contributed by atoms with Gasteiger partial charge in [0.25, 0.3) is 0 Å². The average molecular weight is 758 g/mol. The van der Waals surface area contributed by atoms with E-state index in [9.17, 15) is 4.11 Å². The second-order valence-electron chi connectivity index (χ2n) is 15.0. The van der Waals surface area contributed by atoms with Gasteiger partial charge >= 0.3 is 0 Å². The molecule has 0 N–H and O–H groups in total. The first-order valence-corrected chi connectivity index (χ1v) is 15.2. The number of hydrogen-bond acceptors (Lipinski definition) is 2. The summed E-state index contributed by atoms with van der Waals surface area (Å²) in [5.74, 6) is 0.347. The van der Waals surface area contributed by atoms with Gasteiger partial charge in [0.1, 0.15) is 5.82 Å². The summed E-state index contributed by atoms with van der Waals surface area (Å²) >= 11 is 0. The van der Waals surface area contributed by atoms with Crippen molar-refractivity contribution in [3.63, 3.8) is 0 Å². The third-order valence-corrected chi connectivity index (χ3v) is 10.7. The molecule has 1 aliphatic rings. The summed E-state index contributed by atoms with van der Waals surface area (Å²) in [6.45, 7) is 22.0. The van der Waals surface area contributed by atoms with E-state index in [1.165, 1.54) is 0 Å². The molecule has 4 heteroatoms. The molecule has 229 valence electrons. The number of nitrogens with zero attached hydrogens (tertiary/aromatic N) is 3. The number of aromatic nitrogens is 3. The topological polar surface area (TPSA) is 30.2 Å². The molecule has 0 bridgehead atoms. The normalized spacial score (nSPS) is 19.9. The molecule has 2 heterocycles. The zero-order valence-electron chi connectivity index (χ0n) is 34.6. The Morgan fingerprint density at radius 1 is 0.907 bits per heavy atom. The summed E-state index contributed by atoms with van der Waals surface area (Å²) in [5.41, 5.74) is 3.28. The van der Waals surface area contributed by atoms with E-state index in [2.05, 4.69) is 75.3 Å². The smallest absolute Gasteiger partial charge is 0.102 e. The van der Waals surface area contributed by atoms with Crippen LogP contribution >= 0.6 is 0 Å². The van der Waals surface area contributed by atoms with Crippen molar-refractivity contribution in [2.75, 3.05) is 0 Å². The van der Waals surface area contributed by atoms with E-state index in [1.54, 1.807) is 18.2 Å². The van der Waals surface area contributed by atoms with Crippen molar-refractivity contribution in [2.24, 2.45) is 5.41 Å². The van der Waals surface area contributed by atoms with Crippen LogP contribution in [0.3, 0.4) is 0 Å². The van der Waals surface area contributed by atoms with Gasteiger partial charge in [0, 0.05) is 31.0 Å². The van der Waals surface area contributed by atoms with Crippen LogP contribution < -0.4 is 0 Å². The fourth-order valence-electron chi connectivity index (χ4n) is 6.97. The zero-order valence-corrected chi connectivity index (χ0v) is 30.0. The molecular weight excluding hydrogens is 703 g/mol. The minimum absolute atomic E-state index is 0. The van der Waals surface area contributed by atoms with Crippen LogP contribution in [0.2, 0.25) is 0 Å². The molecule has 0 amide bonds. The van der Waals surface area contributed by atoms with Crippen LogP contribution in [0.25, 0.3) is 38.7 Å². The number of imidazole rings is 1. The van der Waals surface area contributed by atoms with E-state index in [-0.39, 0.29) is 73.0 Å². The molecule has 0 saturated carbocycles. The molecule has 0 atom stereocenters. The Morgan fingerprint density at radius 2 is 1.49 bits per heavy atom. The Kier molecular flexibility index (Phi) is 5.52. The van der Waals surface area contributed by atoms with Crippen LogP contribution in [0.15, 0.2) is 42.4 Å². The van der Waals surface area contributed by atoms with E-state index in [0.29, 0.717) is 27.5 Å². The molecule has 3 nitrogen and oxygen atoms in total. The molecule has 3 aromatic carbocycles. The van der Waals surface area contributed by atoms with Crippen molar-refractivity contribution in [3.8, 4) is 11.1 Å². The Morgan fingerprint density at radius 3 is 2.05 bits per heavy atom. The van der Waals surface area contributed by atoms with Crippen LogP contribution in [0, 0.1) is 11.5 Å². The van der Waals surface area contributed by atoms with Gasteiger partial charge in [-0.05, 0) is 74.9 Å². The van der Waals surface area contributed by atoms with E-state index in [0.717, 1.165) is 27.8 Å². The first-order chi connectivity index (χ1) is 22.3. The number of fused-ring (bicyclic) bond motifs is 6. The SMILES string of the molecule is [2H]c1[c-]c2c(nc(C(C)(C)C([2H])([2H])[2H])n3c2nc2c([2H])c4c(c([2H])c23)C(C)(C)C(C)(C)C4(C)C)c(-c2c(C(C)C)cccc2C(C)C)c1[2H].[Ir]. The van der Waals surface area contributed by atoms with Gasteiger partial charge in [-0.2, -0.15) is 0 Å². The van der Waals surface area contributed by atoms with E-state index < -0.39 is 23.1 Å². The van der Waals surface area contributed by atoms with Gasteiger partial charge in [-0.3, -0.25) is 9.97 Å². The maximum atomic E-state index is 9.80. The Labute approximate surface area is 282 Å². The van der Waals surface area contributed by atoms with Crippen molar-refractivity contribution in [2.45, 2.75) is 118 Å². The molecular formula is C39H48IrN3-. The van der Waals surface area contributed by atoms with Gasteiger partial charge < -0.3 is 4.40 Å². The van der Waals surface area contributed by atoms with E-state index in [1.807, 2.05) is 18.2 Å². The second-order valence-corrected chi connectivity index (χ2v) is 15.0. The molecule has 1 aliphatic carbocycles. The summed E-state index contributed by atoms with van der Waals surface area (Å²) in [5, 5.41) is 0.364. The van der Waals surface area contributed by atoms with Gasteiger partial charge in [-0.1, -0.05) is 119 Å². The van der Waals surface area contributed by atoms with Crippen molar-refractivity contribution < 1.29 is 29.7 Å². The third-order valence-electron chi connectivity index (χ3n) is 10.7. The fraction of sp³-hybridized carbons (Fsp3) is 0.487. The molecule has 43 heavy (non-hydrogen) atoms. The number of rotatable bonds is 3. The summed E-state index contributed by atoms with van der Waals surface area (Å²) < 4.78 is 65.4. The standard InChI is InChI=1S/C39H48N3.Ir/c1-22(2)24-16-14-17-25(23(3)4)32(24)26-18-15-19-27-33(26)41-35(36(5,6)7)42-31-21-29-28(20-30(31)40-34(27)42)37(8,9)39(12,13)38(29,10)11;/h14-18,20-23H,1-13H3;/q-1;/i5D3,15D,18D,20D,21D;. The maximum Gasteiger partial charge on any atom is 0.102 e. The first-order valence-electron chi connectivity index (χ1n) is 18.7. The zero-order chi connectivity index (χ0) is 36.7. The van der Waals surface area contributed by atoms with Gasteiger partial charge in [0.2, 0.25) is 0 Å². The van der Waals surface area contributed by atoms with Crippen LogP contribution in [0.1, 0.15) is 139 Å². The predicted molar refractivity (Wildman–Crippen MR) is 179 cm³/mol. The first kappa shape index (κ1) is 23.8. The molecule has 0 fully saturated rings. The van der Waals surface area contributed by atoms with Crippen molar-refractivity contribution in [3.05, 3.63) is 76.5 Å². The third kappa shape index (κ3) is 4.30. The largest absolute Gasteiger partial charge is 0.321 e. The molecule has 6 rings (SSSR count). The van der Waals surface area contributed by atoms with Crippen LogP contribution in [-0.2, 0) is 36.4 Å². The number of hydrogen-bond donors (Lipinski definition) is 0. The molecule has 0 unspecified atom stereocenters. The summed E-state index contributed by atoms with van der Waals surface area (Å²) in [6, 6.07) is 9.45. The molecule has 2 aromatic heterocycles. The maximum absolute atomic E-state index is 9.80. The molecule has 1 radical (unpaired) electrons. The van der Waals surface area contributed by atoms with Crippen LogP contribution in [-0.4, -0.2) is 14.4 Å². The Balaban J connectivity index is 0.00000486. The van der Waals surface area contributed by atoms with Crippen molar-refractivity contribution in [1.82, 2.24) is 14.4 Å². The van der Waals surface area contributed by atoms with Gasteiger partial charge in [-0.15, -0.1) is 18.2 Å². The van der Waals surface area contributed by atoms with Crippen molar-refractivity contribution in [1.29, 1.82) is 0 Å². The minimum Gasteiger partial charge on any atom is -0.321 e. The summed E-state index contributed by atoms with van der Waals surface area (Å²) in [4.78, 5) is 10.3. The summed E-state index contributed by atoms with van der Waals surface area (Å²) in [7, 11) is 0. The molecule has 5 aromatic rings. The predicted octanol–water partition coefficient (Wildman–Crippen LogP) is 10.6. The molecule has 0 saturated heterocycles. The quantitative estimate of drug-likeness (QED) is 0.172. The fourth-order valence-corrected chi connectivity index (χ4v) is 6.97. The number of benzene rings is 3. The van der Waals surface area contributed by atoms with Gasteiger partial charge in [-0.25, -0.2) is 0 Å². The van der Waals surface area contributed by atoms with Crippen LogP contribution in [0.5, 0.6) is 0 Å². The van der Waals surface area contributed by atoms with Gasteiger partial charge in [0.05, 0.1) is 19.4 Å². The monoisotopic (exact) mass is 758 g/mol. The van der Waals surface area contributed by atoms with Gasteiger partial charge in [0.15, 0.2) is 0 Å². The second kappa shape index (κ2) is 9.98. The van der Waals surface area contributed by atoms with Crippen molar-refractivity contribution >= 4 is 27.6 Å². The van der Waals surface area contributed by atoms with E-state index in [4.69, 9.17) is 15.5 Å². The Bertz CT molecular complexity index is 2200. The molecule has 0 aliphatic heterocycles. The molecule has 0 spiro atoms. The van der Waals surface area contributed by atoms with E-state index >= 15 is 0 Å². The summed E-state index contributed by atoms with van der Waals surface area (Å²) in [6.07, 6.45) is 0. The minimum atomic E-state index is -2.51. The Hall–Kier alpha value is -2.55. The average Bonchev–Trinajstić information content (AvgIpc) is 3.43. The van der Waals surface area contributed by atoms with Crippen LogP contribution in [0.4, 0.5) is 0 Å².